The van der Waals surface area contributed by atoms with Gasteiger partial charge < -0.3 is 29.7 Å². The summed E-state index contributed by atoms with van der Waals surface area (Å²) in [6.45, 7) is 2.24. The minimum atomic E-state index is -4.69. The monoisotopic (exact) mass is 687 g/mol. The van der Waals surface area contributed by atoms with Gasteiger partial charge in [-0.1, -0.05) is 13.0 Å². The number of rotatable bonds is 11. The van der Waals surface area contributed by atoms with Gasteiger partial charge in [-0.25, -0.2) is 17.9 Å². The number of anilines is 3. The number of nitrogens with one attached hydrogen (secondary N) is 3. The summed E-state index contributed by atoms with van der Waals surface area (Å²) in [5.41, 5.74) is -0.0339. The normalized spacial score (nSPS) is 14.1. The number of carbonyl (C=O) groups is 1. The number of amides is 2. The van der Waals surface area contributed by atoms with Gasteiger partial charge in [-0.3, -0.25) is 4.98 Å². The quantitative estimate of drug-likeness (QED) is 0.154. The molecular formula is C33H36F3N5O6S. The maximum atomic E-state index is 14.2. The molecule has 1 saturated heterocycles. The van der Waals surface area contributed by atoms with Crippen LogP contribution < -0.4 is 34.5 Å². The van der Waals surface area contributed by atoms with E-state index >= 15 is 0 Å². The van der Waals surface area contributed by atoms with E-state index in [1.807, 2.05) is 0 Å². The predicted molar refractivity (Wildman–Crippen MR) is 178 cm³/mol. The number of hydrogen-bond acceptors (Lipinski definition) is 8. The van der Waals surface area contributed by atoms with E-state index in [0.717, 1.165) is 6.07 Å². The maximum absolute atomic E-state index is 14.2. The van der Waals surface area contributed by atoms with Crippen molar-refractivity contribution in [1.29, 1.82) is 0 Å². The lowest BCUT2D eigenvalue weighted by atomic mass is 10.0. The first-order valence-electron chi connectivity index (χ1n) is 15.2. The van der Waals surface area contributed by atoms with Crippen LogP contribution in [0.5, 0.6) is 23.0 Å². The van der Waals surface area contributed by atoms with Crippen molar-refractivity contribution < 1.29 is 40.6 Å². The van der Waals surface area contributed by atoms with Crippen molar-refractivity contribution in [2.45, 2.75) is 38.4 Å². The number of benzene rings is 3. The molecule has 0 radical (unpaired) electrons. The molecule has 0 aliphatic carbocycles. The molecule has 0 spiro atoms. The SMILES string of the molecule is CCCS(=O)(=O)NC1CCN(c2ccc(NC(=O)Nc3cccc(Oc4ccnc5cc(OC)c(OC)cc45)c3)cc2C(F)(F)F)CC1. The Hall–Kier alpha value is -4.76. The number of alkyl halides is 3. The standard InChI is InChI=1S/C33H36F3N5O6S/c1-4-16-48(43,44)40-21-11-14-41(15-12-21)28-9-8-23(18-26(28)33(34,35)36)39-32(42)38-22-6-5-7-24(17-22)47-29-10-13-37-27-20-31(46-3)30(45-2)19-25(27)29/h5-10,13,17-21,40H,4,11-12,14-16H2,1-3H3,(H2,38,39,42). The van der Waals surface area contributed by atoms with E-state index in [0.29, 0.717) is 58.9 Å². The van der Waals surface area contributed by atoms with Gasteiger partial charge >= 0.3 is 12.2 Å². The lowest BCUT2D eigenvalue weighted by molar-refractivity contribution is -0.137. The minimum absolute atomic E-state index is 0.00204. The second-order valence-electron chi connectivity index (χ2n) is 11.2. The highest BCUT2D eigenvalue weighted by Crippen LogP contribution is 2.40. The second-order valence-corrected chi connectivity index (χ2v) is 13.0. The second kappa shape index (κ2) is 14.6. The largest absolute Gasteiger partial charge is 0.493 e. The molecule has 256 valence electrons. The van der Waals surface area contributed by atoms with Crippen molar-refractivity contribution >= 4 is 44.0 Å². The van der Waals surface area contributed by atoms with Crippen molar-refractivity contribution in [1.82, 2.24) is 9.71 Å². The number of sulfonamides is 1. The van der Waals surface area contributed by atoms with Gasteiger partial charge in [0, 0.05) is 59.9 Å². The molecular weight excluding hydrogens is 651 g/mol. The number of methoxy groups -OCH3 is 2. The summed E-state index contributed by atoms with van der Waals surface area (Å²) in [6, 6.07) is 14.2. The summed E-state index contributed by atoms with van der Waals surface area (Å²) in [6.07, 6.45) is -1.90. The van der Waals surface area contributed by atoms with Gasteiger partial charge in [0.15, 0.2) is 11.5 Å². The number of pyridine rings is 1. The molecule has 1 aliphatic heterocycles. The van der Waals surface area contributed by atoms with Crippen LogP contribution in [-0.4, -0.2) is 58.5 Å². The fourth-order valence-corrected chi connectivity index (χ4v) is 6.93. The van der Waals surface area contributed by atoms with Crippen LogP contribution in [-0.2, 0) is 16.2 Å². The van der Waals surface area contributed by atoms with Gasteiger partial charge in [-0.05, 0) is 61.7 Å². The van der Waals surface area contributed by atoms with Crippen LogP contribution in [0.3, 0.4) is 0 Å². The lowest BCUT2D eigenvalue weighted by Gasteiger charge is -2.35. The Kier molecular flexibility index (Phi) is 10.5. The van der Waals surface area contributed by atoms with Crippen molar-refractivity contribution in [2.24, 2.45) is 0 Å². The van der Waals surface area contributed by atoms with Gasteiger partial charge in [0.25, 0.3) is 0 Å². The first kappa shape index (κ1) is 34.6. The number of aromatic nitrogens is 1. The third kappa shape index (κ3) is 8.39. The molecule has 1 aromatic heterocycles. The first-order valence-corrected chi connectivity index (χ1v) is 16.9. The Morgan fingerprint density at radius 3 is 2.29 bits per heavy atom. The summed E-state index contributed by atoms with van der Waals surface area (Å²) < 4.78 is 86.3. The van der Waals surface area contributed by atoms with E-state index < -0.39 is 27.8 Å². The van der Waals surface area contributed by atoms with E-state index in [1.54, 1.807) is 60.5 Å². The summed E-state index contributed by atoms with van der Waals surface area (Å²) in [7, 11) is -0.378. The molecule has 2 heterocycles. The molecule has 11 nitrogen and oxygen atoms in total. The number of ether oxygens (including phenoxy) is 3. The highest BCUT2D eigenvalue weighted by atomic mass is 32.2. The third-order valence-electron chi connectivity index (χ3n) is 7.74. The molecule has 0 bridgehead atoms. The Bertz CT molecular complexity index is 1880. The molecule has 1 aliphatic rings. The van der Waals surface area contributed by atoms with Crippen LogP contribution in [0.1, 0.15) is 31.7 Å². The van der Waals surface area contributed by atoms with Crippen molar-refractivity contribution in [3.8, 4) is 23.0 Å². The van der Waals surface area contributed by atoms with E-state index in [-0.39, 0.29) is 36.3 Å². The van der Waals surface area contributed by atoms with Gasteiger partial charge in [-0.2, -0.15) is 13.2 Å². The zero-order valence-corrected chi connectivity index (χ0v) is 27.4. The lowest BCUT2D eigenvalue weighted by Crippen LogP contribution is -2.45. The van der Waals surface area contributed by atoms with E-state index in [2.05, 4.69) is 20.3 Å². The van der Waals surface area contributed by atoms with Gasteiger partial charge in [-0.15, -0.1) is 0 Å². The zero-order chi connectivity index (χ0) is 34.5. The first-order chi connectivity index (χ1) is 22.9. The average Bonchev–Trinajstić information content (AvgIpc) is 3.04. The van der Waals surface area contributed by atoms with Crippen LogP contribution in [0.2, 0.25) is 0 Å². The zero-order valence-electron chi connectivity index (χ0n) is 26.6. The van der Waals surface area contributed by atoms with Crippen molar-refractivity contribution in [2.75, 3.05) is 48.6 Å². The Morgan fingerprint density at radius 2 is 1.62 bits per heavy atom. The van der Waals surface area contributed by atoms with E-state index in [1.165, 1.54) is 26.4 Å². The van der Waals surface area contributed by atoms with Crippen LogP contribution in [0.15, 0.2) is 66.9 Å². The topological polar surface area (TPSA) is 131 Å². The average molecular weight is 688 g/mol. The van der Waals surface area contributed by atoms with E-state index in [9.17, 15) is 26.4 Å². The van der Waals surface area contributed by atoms with Gasteiger partial charge in [0.05, 0.1) is 31.1 Å². The van der Waals surface area contributed by atoms with Crippen LogP contribution in [0.4, 0.5) is 35.0 Å². The molecule has 3 aromatic carbocycles. The third-order valence-corrected chi connectivity index (χ3v) is 9.38. The molecule has 15 heteroatoms. The highest BCUT2D eigenvalue weighted by Gasteiger charge is 2.36. The highest BCUT2D eigenvalue weighted by molar-refractivity contribution is 7.89. The maximum Gasteiger partial charge on any atom is 0.418 e. The number of hydrogen-bond donors (Lipinski definition) is 3. The summed E-state index contributed by atoms with van der Waals surface area (Å²) in [5.74, 6) is 1.87. The number of fused-ring (bicyclic) bond motifs is 1. The molecule has 1 fully saturated rings. The van der Waals surface area contributed by atoms with Crippen LogP contribution in [0.25, 0.3) is 10.9 Å². The Labute approximate surface area is 276 Å². The fraction of sp³-hybridized carbons (Fsp3) is 0.333. The Morgan fingerprint density at radius 1 is 0.938 bits per heavy atom. The molecule has 5 rings (SSSR count). The number of halogens is 3. The number of urea groups is 1. The van der Waals surface area contributed by atoms with E-state index in [4.69, 9.17) is 14.2 Å². The fourth-order valence-electron chi connectivity index (χ4n) is 5.53. The van der Waals surface area contributed by atoms with Crippen molar-refractivity contribution in [3.63, 3.8) is 0 Å². The summed E-state index contributed by atoms with van der Waals surface area (Å²) in [4.78, 5) is 18.8. The molecule has 3 N–H and O–H groups in total. The molecule has 0 unspecified atom stereocenters. The van der Waals surface area contributed by atoms with Crippen LogP contribution >= 0.6 is 0 Å². The molecule has 0 saturated carbocycles. The van der Waals surface area contributed by atoms with Crippen molar-refractivity contribution in [3.05, 3.63) is 72.4 Å². The molecule has 2 amide bonds. The molecule has 0 atom stereocenters. The van der Waals surface area contributed by atoms with Gasteiger partial charge in [0.2, 0.25) is 10.0 Å². The summed E-state index contributed by atoms with van der Waals surface area (Å²) in [5, 5.41) is 5.77. The summed E-state index contributed by atoms with van der Waals surface area (Å²) >= 11 is 0. The number of piperidine rings is 1. The van der Waals surface area contributed by atoms with Crippen LogP contribution in [0, 0.1) is 0 Å². The molecule has 48 heavy (non-hydrogen) atoms. The number of carbonyl (C=O) groups excluding carboxylic acids is 1. The van der Waals surface area contributed by atoms with Gasteiger partial charge in [0.1, 0.15) is 11.5 Å². The predicted octanol–water partition coefficient (Wildman–Crippen LogP) is 7.01. The molecule has 4 aromatic rings. The smallest absolute Gasteiger partial charge is 0.418 e. The number of nitrogens with zero attached hydrogens (tertiary/aromatic N) is 2. The minimum Gasteiger partial charge on any atom is -0.493 e. The Balaban J connectivity index is 1.26.